The third-order valence-corrected chi connectivity index (χ3v) is 5.51. The molecule has 1 N–H and O–H groups in total. The van der Waals surface area contributed by atoms with Crippen molar-refractivity contribution in [2.75, 3.05) is 18.5 Å². The SMILES string of the molecule is Cc1nc2c(c(NC3COCC3n3nc(-c4cccnc4)ccc3=O)n1)CCC2. The Morgan fingerprint density at radius 1 is 1.17 bits per heavy atom. The van der Waals surface area contributed by atoms with E-state index in [-0.39, 0.29) is 17.6 Å². The molecule has 4 heterocycles. The number of aromatic nitrogens is 5. The van der Waals surface area contributed by atoms with Crippen LogP contribution < -0.4 is 10.9 Å². The van der Waals surface area contributed by atoms with Gasteiger partial charge in [0.1, 0.15) is 17.7 Å². The first-order valence-corrected chi connectivity index (χ1v) is 9.90. The summed E-state index contributed by atoms with van der Waals surface area (Å²) < 4.78 is 7.26. The van der Waals surface area contributed by atoms with E-state index in [0.29, 0.717) is 18.9 Å². The largest absolute Gasteiger partial charge is 0.377 e. The second-order valence-electron chi connectivity index (χ2n) is 7.50. The highest BCUT2D eigenvalue weighted by Gasteiger charge is 2.33. The van der Waals surface area contributed by atoms with Crippen molar-refractivity contribution in [2.24, 2.45) is 0 Å². The maximum atomic E-state index is 12.6. The van der Waals surface area contributed by atoms with Crippen molar-refractivity contribution in [1.82, 2.24) is 24.7 Å². The zero-order chi connectivity index (χ0) is 19.8. The Morgan fingerprint density at radius 3 is 2.97 bits per heavy atom. The zero-order valence-electron chi connectivity index (χ0n) is 16.2. The molecule has 2 aliphatic rings. The Bertz CT molecular complexity index is 1100. The molecule has 1 aliphatic carbocycles. The number of nitrogens with zero attached hydrogens (tertiary/aromatic N) is 5. The van der Waals surface area contributed by atoms with E-state index in [4.69, 9.17) is 4.74 Å². The minimum Gasteiger partial charge on any atom is -0.377 e. The first-order chi connectivity index (χ1) is 14.2. The van der Waals surface area contributed by atoms with Gasteiger partial charge in [0, 0.05) is 35.3 Å². The van der Waals surface area contributed by atoms with Crippen molar-refractivity contribution < 1.29 is 4.74 Å². The summed E-state index contributed by atoms with van der Waals surface area (Å²) >= 11 is 0. The predicted molar refractivity (Wildman–Crippen MR) is 108 cm³/mol. The van der Waals surface area contributed by atoms with Gasteiger partial charge in [-0.15, -0.1) is 0 Å². The highest BCUT2D eigenvalue weighted by Crippen LogP contribution is 2.29. The minimum absolute atomic E-state index is 0.0941. The fourth-order valence-corrected chi connectivity index (χ4v) is 4.10. The van der Waals surface area contributed by atoms with Crippen molar-refractivity contribution in [3.05, 3.63) is 64.1 Å². The molecule has 1 aliphatic heterocycles. The third-order valence-electron chi connectivity index (χ3n) is 5.51. The molecule has 0 bridgehead atoms. The van der Waals surface area contributed by atoms with Gasteiger partial charge in [0.2, 0.25) is 0 Å². The average Bonchev–Trinajstić information content (AvgIpc) is 3.38. The van der Waals surface area contributed by atoms with Crippen molar-refractivity contribution >= 4 is 5.82 Å². The van der Waals surface area contributed by atoms with Gasteiger partial charge in [-0.3, -0.25) is 9.78 Å². The van der Waals surface area contributed by atoms with Crippen molar-refractivity contribution in [3.63, 3.8) is 0 Å². The van der Waals surface area contributed by atoms with Gasteiger partial charge in [0.25, 0.3) is 5.56 Å². The molecular formula is C21H22N6O2. The topological polar surface area (TPSA) is 94.8 Å². The Morgan fingerprint density at radius 2 is 2.10 bits per heavy atom. The van der Waals surface area contributed by atoms with Gasteiger partial charge in [0.15, 0.2) is 0 Å². The second-order valence-corrected chi connectivity index (χ2v) is 7.50. The number of aryl methyl sites for hydroxylation is 2. The first-order valence-electron chi connectivity index (χ1n) is 9.90. The fraction of sp³-hybridized carbons (Fsp3) is 0.381. The summed E-state index contributed by atoms with van der Waals surface area (Å²) in [7, 11) is 0. The van der Waals surface area contributed by atoms with Crippen LogP contribution in [0.5, 0.6) is 0 Å². The van der Waals surface area contributed by atoms with Gasteiger partial charge < -0.3 is 10.1 Å². The van der Waals surface area contributed by atoms with Gasteiger partial charge in [-0.1, -0.05) is 0 Å². The standard InChI is InChI=1S/C21H22N6O2/c1-13-23-17-6-2-5-15(17)21(24-13)25-18-11-29-12-19(18)27-20(28)8-7-16(26-27)14-4-3-9-22-10-14/h3-4,7-10,18-19H,2,5-6,11-12H2,1H3,(H,23,24,25). The van der Waals surface area contributed by atoms with Crippen LogP contribution in [0.1, 0.15) is 29.5 Å². The van der Waals surface area contributed by atoms with E-state index < -0.39 is 0 Å². The maximum Gasteiger partial charge on any atom is 0.267 e. The van der Waals surface area contributed by atoms with Crippen LogP contribution in [0.3, 0.4) is 0 Å². The number of pyridine rings is 1. The molecule has 3 aromatic heterocycles. The molecule has 3 aromatic rings. The lowest BCUT2D eigenvalue weighted by Crippen LogP contribution is -2.37. The van der Waals surface area contributed by atoms with Crippen LogP contribution in [0.15, 0.2) is 41.5 Å². The number of rotatable bonds is 4. The molecule has 8 heteroatoms. The summed E-state index contributed by atoms with van der Waals surface area (Å²) in [5, 5.41) is 8.15. The highest BCUT2D eigenvalue weighted by molar-refractivity contribution is 5.56. The van der Waals surface area contributed by atoms with Crippen molar-refractivity contribution in [1.29, 1.82) is 0 Å². The number of anilines is 1. The van der Waals surface area contributed by atoms with E-state index in [9.17, 15) is 4.79 Å². The Kier molecular flexibility index (Phi) is 4.55. The number of hydrogen-bond donors (Lipinski definition) is 1. The molecule has 2 atom stereocenters. The van der Waals surface area contributed by atoms with Crippen LogP contribution in [0.25, 0.3) is 11.3 Å². The summed E-state index contributed by atoms with van der Waals surface area (Å²) in [6.45, 7) is 2.83. The second kappa shape index (κ2) is 7.36. The van der Waals surface area contributed by atoms with Crippen LogP contribution in [0.2, 0.25) is 0 Å². The maximum absolute atomic E-state index is 12.6. The zero-order valence-corrected chi connectivity index (χ0v) is 16.2. The summed E-state index contributed by atoms with van der Waals surface area (Å²) in [6.07, 6.45) is 6.52. The smallest absolute Gasteiger partial charge is 0.267 e. The average molecular weight is 390 g/mol. The highest BCUT2D eigenvalue weighted by atomic mass is 16.5. The van der Waals surface area contributed by atoms with E-state index in [1.54, 1.807) is 24.5 Å². The monoisotopic (exact) mass is 390 g/mol. The molecule has 5 rings (SSSR count). The van der Waals surface area contributed by atoms with Gasteiger partial charge in [-0.2, -0.15) is 5.10 Å². The lowest BCUT2D eigenvalue weighted by atomic mass is 10.1. The first kappa shape index (κ1) is 17.9. The lowest BCUT2D eigenvalue weighted by molar-refractivity contribution is 0.183. The molecule has 1 saturated heterocycles. The Hall–Kier alpha value is -3.13. The lowest BCUT2D eigenvalue weighted by Gasteiger charge is -2.22. The number of hydrogen-bond acceptors (Lipinski definition) is 7. The quantitative estimate of drug-likeness (QED) is 0.727. The third kappa shape index (κ3) is 3.40. The van der Waals surface area contributed by atoms with E-state index in [1.807, 2.05) is 19.1 Å². The summed E-state index contributed by atoms with van der Waals surface area (Å²) in [5.74, 6) is 1.62. The van der Waals surface area contributed by atoms with Gasteiger partial charge >= 0.3 is 0 Å². The van der Waals surface area contributed by atoms with E-state index in [1.165, 1.54) is 10.2 Å². The Labute approximate surface area is 168 Å². The van der Waals surface area contributed by atoms with Crippen LogP contribution in [0.4, 0.5) is 5.82 Å². The fourth-order valence-electron chi connectivity index (χ4n) is 4.10. The molecule has 0 aromatic carbocycles. The number of fused-ring (bicyclic) bond motifs is 1. The minimum atomic E-state index is -0.216. The molecule has 148 valence electrons. The summed E-state index contributed by atoms with van der Waals surface area (Å²) in [5.41, 5.74) is 3.75. The number of ether oxygens (including phenoxy) is 1. The molecule has 1 fully saturated rings. The molecule has 0 radical (unpaired) electrons. The molecule has 29 heavy (non-hydrogen) atoms. The van der Waals surface area contributed by atoms with E-state index in [0.717, 1.165) is 42.2 Å². The predicted octanol–water partition coefficient (Wildman–Crippen LogP) is 1.94. The molecule has 2 unspecified atom stereocenters. The van der Waals surface area contributed by atoms with Crippen LogP contribution in [0, 0.1) is 6.92 Å². The van der Waals surface area contributed by atoms with E-state index in [2.05, 4.69) is 25.4 Å². The van der Waals surface area contributed by atoms with Crippen molar-refractivity contribution in [3.8, 4) is 11.3 Å². The van der Waals surface area contributed by atoms with Gasteiger partial charge in [0.05, 0.1) is 24.9 Å². The van der Waals surface area contributed by atoms with Gasteiger partial charge in [-0.05, 0) is 44.4 Å². The van der Waals surface area contributed by atoms with Gasteiger partial charge in [-0.25, -0.2) is 14.6 Å². The molecule has 8 nitrogen and oxygen atoms in total. The molecular weight excluding hydrogens is 368 g/mol. The summed E-state index contributed by atoms with van der Waals surface area (Å²) in [6, 6.07) is 6.76. The Balaban J connectivity index is 1.47. The van der Waals surface area contributed by atoms with E-state index >= 15 is 0 Å². The molecule has 0 saturated carbocycles. The number of nitrogens with one attached hydrogen (secondary N) is 1. The van der Waals surface area contributed by atoms with Crippen LogP contribution in [-0.4, -0.2) is 44.0 Å². The molecule has 0 spiro atoms. The van der Waals surface area contributed by atoms with Crippen molar-refractivity contribution in [2.45, 2.75) is 38.3 Å². The summed E-state index contributed by atoms with van der Waals surface area (Å²) in [4.78, 5) is 25.9. The molecule has 0 amide bonds. The van der Waals surface area contributed by atoms with Crippen LogP contribution >= 0.6 is 0 Å². The van der Waals surface area contributed by atoms with Crippen LogP contribution in [-0.2, 0) is 17.6 Å². The normalized spacial score (nSPS) is 20.6.